The zero-order chi connectivity index (χ0) is 14.3. The zero-order valence-electron chi connectivity index (χ0n) is 12.3. The lowest BCUT2D eigenvalue weighted by atomic mass is 9.93. The Morgan fingerprint density at radius 3 is 2.53 bits per heavy atom. The van der Waals surface area contributed by atoms with E-state index in [1.165, 1.54) is 6.07 Å². The van der Waals surface area contributed by atoms with Gasteiger partial charge in [-0.15, -0.1) is 0 Å². The molecule has 1 nitrogen and oxygen atoms in total. The Kier molecular flexibility index (Phi) is 6.75. The summed E-state index contributed by atoms with van der Waals surface area (Å²) in [4.78, 5) is 12.2. The monoisotopic (exact) mass is 264 g/mol. The van der Waals surface area contributed by atoms with Crippen molar-refractivity contribution in [2.75, 3.05) is 0 Å². The Morgan fingerprint density at radius 2 is 1.95 bits per heavy atom. The molecule has 1 rings (SSSR count). The fourth-order valence-electron chi connectivity index (χ4n) is 2.29. The summed E-state index contributed by atoms with van der Waals surface area (Å²) in [6.07, 6.45) is 5.91. The van der Waals surface area contributed by atoms with E-state index in [0.29, 0.717) is 11.1 Å². The molecular formula is C17H25FO. The van der Waals surface area contributed by atoms with Crippen LogP contribution in [0.1, 0.15) is 68.8 Å². The van der Waals surface area contributed by atoms with Gasteiger partial charge in [0.25, 0.3) is 0 Å². The quantitative estimate of drug-likeness (QED) is 0.467. The lowest BCUT2D eigenvalue weighted by Crippen LogP contribution is -2.12. The van der Waals surface area contributed by atoms with Gasteiger partial charge in [0.2, 0.25) is 0 Å². The second-order valence-corrected chi connectivity index (χ2v) is 5.32. The summed E-state index contributed by atoms with van der Waals surface area (Å²) >= 11 is 0. The van der Waals surface area contributed by atoms with Crippen LogP contribution in [-0.4, -0.2) is 5.78 Å². The molecule has 0 heterocycles. The van der Waals surface area contributed by atoms with E-state index in [-0.39, 0.29) is 17.5 Å². The summed E-state index contributed by atoms with van der Waals surface area (Å²) in [6, 6.07) is 4.93. The molecule has 0 spiro atoms. The number of unbranched alkanes of at least 4 members (excludes halogenated alkanes) is 2. The molecule has 0 aromatic heterocycles. The van der Waals surface area contributed by atoms with Gasteiger partial charge in [0.15, 0.2) is 5.78 Å². The third-order valence-corrected chi connectivity index (χ3v) is 3.55. The van der Waals surface area contributed by atoms with Crippen LogP contribution in [0.25, 0.3) is 0 Å². The highest BCUT2D eigenvalue weighted by atomic mass is 19.1. The molecule has 0 bridgehead atoms. The largest absolute Gasteiger partial charge is 0.294 e. The Bertz CT molecular complexity index is 412. The first-order chi connectivity index (χ1) is 9.10. The normalized spacial score (nSPS) is 12.4. The van der Waals surface area contributed by atoms with Crippen LogP contribution < -0.4 is 0 Å². The van der Waals surface area contributed by atoms with Gasteiger partial charge in [-0.05, 0) is 24.5 Å². The van der Waals surface area contributed by atoms with Gasteiger partial charge in [0, 0.05) is 11.5 Å². The minimum absolute atomic E-state index is 0.0111. The number of carbonyl (C=O) groups excluding carboxylic acids is 1. The van der Waals surface area contributed by atoms with Crippen LogP contribution in [0.15, 0.2) is 18.2 Å². The van der Waals surface area contributed by atoms with Crippen LogP contribution in [0, 0.1) is 11.7 Å². The van der Waals surface area contributed by atoms with Gasteiger partial charge >= 0.3 is 0 Å². The molecule has 0 fully saturated rings. The van der Waals surface area contributed by atoms with Gasteiger partial charge in [0.1, 0.15) is 5.82 Å². The first-order valence-corrected chi connectivity index (χ1v) is 7.42. The molecule has 0 saturated heterocycles. The molecule has 1 aromatic rings. The van der Waals surface area contributed by atoms with E-state index in [1.807, 2.05) is 13.8 Å². The predicted octanol–water partition coefficient (Wildman–Crippen LogP) is 5.18. The van der Waals surface area contributed by atoms with E-state index in [9.17, 15) is 9.18 Å². The van der Waals surface area contributed by atoms with Crippen molar-refractivity contribution >= 4 is 5.78 Å². The van der Waals surface area contributed by atoms with Crippen molar-refractivity contribution in [3.05, 3.63) is 35.1 Å². The molecule has 0 aliphatic rings. The zero-order valence-corrected chi connectivity index (χ0v) is 12.3. The predicted molar refractivity (Wildman–Crippen MR) is 78.0 cm³/mol. The second kappa shape index (κ2) is 8.08. The fourth-order valence-corrected chi connectivity index (χ4v) is 2.29. The average Bonchev–Trinajstić information content (AvgIpc) is 2.40. The van der Waals surface area contributed by atoms with E-state index in [4.69, 9.17) is 0 Å². The van der Waals surface area contributed by atoms with Crippen LogP contribution >= 0.6 is 0 Å². The number of aryl methyl sites for hydroxylation is 1. The van der Waals surface area contributed by atoms with Gasteiger partial charge < -0.3 is 0 Å². The Labute approximate surface area is 116 Å². The maximum Gasteiger partial charge on any atom is 0.165 e. The van der Waals surface area contributed by atoms with Crippen molar-refractivity contribution in [2.24, 2.45) is 5.92 Å². The Hall–Kier alpha value is -1.18. The number of halogens is 1. The standard InChI is InChI=1S/C17H25FO/c1-4-6-7-9-13(3)17(19)15-11-10-14(8-5-2)16(18)12-15/h10-13H,4-9H2,1-3H3. The number of rotatable bonds is 8. The molecular weight excluding hydrogens is 239 g/mol. The first kappa shape index (κ1) is 15.9. The number of ketones is 1. The van der Waals surface area contributed by atoms with E-state index < -0.39 is 0 Å². The second-order valence-electron chi connectivity index (χ2n) is 5.32. The molecule has 0 aliphatic carbocycles. The van der Waals surface area contributed by atoms with Crippen molar-refractivity contribution in [3.8, 4) is 0 Å². The molecule has 1 aromatic carbocycles. The summed E-state index contributed by atoms with van der Waals surface area (Å²) in [5.41, 5.74) is 1.22. The number of benzene rings is 1. The Balaban J connectivity index is 2.68. The van der Waals surface area contributed by atoms with Crippen LogP contribution in [0.3, 0.4) is 0 Å². The molecule has 0 aliphatic heterocycles. The summed E-state index contributed by atoms with van der Waals surface area (Å²) in [6.45, 7) is 6.11. The highest BCUT2D eigenvalue weighted by Crippen LogP contribution is 2.18. The number of hydrogen-bond acceptors (Lipinski definition) is 1. The van der Waals surface area contributed by atoms with Crippen molar-refractivity contribution in [3.63, 3.8) is 0 Å². The third-order valence-electron chi connectivity index (χ3n) is 3.55. The minimum Gasteiger partial charge on any atom is -0.294 e. The van der Waals surface area contributed by atoms with Gasteiger partial charge in [-0.1, -0.05) is 58.6 Å². The fraction of sp³-hybridized carbons (Fsp3) is 0.588. The number of hydrogen-bond donors (Lipinski definition) is 0. The van der Waals surface area contributed by atoms with Gasteiger partial charge in [0.05, 0.1) is 0 Å². The van der Waals surface area contributed by atoms with Crippen molar-refractivity contribution in [2.45, 2.75) is 59.3 Å². The molecule has 19 heavy (non-hydrogen) atoms. The molecule has 0 amide bonds. The lowest BCUT2D eigenvalue weighted by molar-refractivity contribution is 0.0922. The van der Waals surface area contributed by atoms with Crippen LogP contribution in [0.4, 0.5) is 4.39 Å². The highest BCUT2D eigenvalue weighted by molar-refractivity contribution is 5.97. The van der Waals surface area contributed by atoms with E-state index in [0.717, 1.165) is 38.5 Å². The first-order valence-electron chi connectivity index (χ1n) is 7.42. The number of carbonyl (C=O) groups is 1. The average molecular weight is 264 g/mol. The van der Waals surface area contributed by atoms with Gasteiger partial charge in [-0.3, -0.25) is 4.79 Å². The molecule has 1 unspecified atom stereocenters. The Morgan fingerprint density at radius 1 is 1.21 bits per heavy atom. The van der Waals surface area contributed by atoms with Crippen LogP contribution in [-0.2, 0) is 6.42 Å². The highest BCUT2D eigenvalue weighted by Gasteiger charge is 2.16. The molecule has 0 N–H and O–H groups in total. The molecule has 1 atom stereocenters. The summed E-state index contributed by atoms with van der Waals surface area (Å²) < 4.78 is 13.8. The van der Waals surface area contributed by atoms with Crippen LogP contribution in [0.2, 0.25) is 0 Å². The third kappa shape index (κ3) is 4.77. The van der Waals surface area contributed by atoms with Crippen molar-refractivity contribution in [1.82, 2.24) is 0 Å². The molecule has 0 radical (unpaired) electrons. The lowest BCUT2D eigenvalue weighted by Gasteiger charge is -2.11. The topological polar surface area (TPSA) is 17.1 Å². The molecule has 2 heteroatoms. The summed E-state index contributed by atoms with van der Waals surface area (Å²) in [7, 11) is 0. The van der Waals surface area contributed by atoms with E-state index in [2.05, 4.69) is 6.92 Å². The van der Waals surface area contributed by atoms with Crippen LogP contribution in [0.5, 0.6) is 0 Å². The molecule has 0 saturated carbocycles. The number of Topliss-reactive ketones (excluding diaryl/α,β-unsaturated/α-hetero) is 1. The SMILES string of the molecule is CCCCCC(C)C(=O)c1ccc(CCC)c(F)c1. The van der Waals surface area contributed by atoms with Gasteiger partial charge in [-0.25, -0.2) is 4.39 Å². The minimum atomic E-state index is -0.242. The van der Waals surface area contributed by atoms with E-state index >= 15 is 0 Å². The van der Waals surface area contributed by atoms with E-state index in [1.54, 1.807) is 12.1 Å². The maximum absolute atomic E-state index is 13.8. The van der Waals surface area contributed by atoms with Crippen molar-refractivity contribution < 1.29 is 9.18 Å². The molecule has 106 valence electrons. The van der Waals surface area contributed by atoms with Gasteiger partial charge in [-0.2, -0.15) is 0 Å². The smallest absolute Gasteiger partial charge is 0.165 e. The summed E-state index contributed by atoms with van der Waals surface area (Å²) in [5.74, 6) is -0.186. The maximum atomic E-state index is 13.8. The summed E-state index contributed by atoms with van der Waals surface area (Å²) in [5, 5.41) is 0. The van der Waals surface area contributed by atoms with Crippen molar-refractivity contribution in [1.29, 1.82) is 0 Å².